The summed E-state index contributed by atoms with van der Waals surface area (Å²) in [5.74, 6) is 0.845. The highest BCUT2D eigenvalue weighted by atomic mass is 32.1. The fraction of sp³-hybridized carbons (Fsp3) is 0.650. The van der Waals surface area contributed by atoms with Gasteiger partial charge in [0.25, 0.3) is 0 Å². The van der Waals surface area contributed by atoms with Crippen LogP contribution in [0.2, 0.25) is 0 Å². The van der Waals surface area contributed by atoms with Crippen molar-refractivity contribution in [2.45, 2.75) is 51.2 Å². The average molecular weight is 389 g/mol. The van der Waals surface area contributed by atoms with E-state index >= 15 is 0 Å². The van der Waals surface area contributed by atoms with Crippen molar-refractivity contribution in [1.82, 2.24) is 19.0 Å². The molecule has 6 nitrogen and oxygen atoms in total. The predicted molar refractivity (Wildman–Crippen MR) is 107 cm³/mol. The highest BCUT2D eigenvalue weighted by Gasteiger charge is 2.21. The van der Waals surface area contributed by atoms with E-state index in [4.69, 9.17) is 4.74 Å². The van der Waals surface area contributed by atoms with Crippen molar-refractivity contribution in [2.24, 2.45) is 5.92 Å². The fourth-order valence-corrected chi connectivity index (χ4v) is 4.59. The molecule has 0 saturated carbocycles. The standard InChI is InChI=1S/C20H28N4O2S/c25-20(21-13-17-2-1-11-26-17)6-4-15-7-9-24(10-8-15)14-16-3-5-18-19(12-16)23-27-22-18/h3,5,12,15,17H,1-2,4,6-11,13-14H2,(H,21,25)/t17-/m0/s1. The second kappa shape index (κ2) is 9.08. The van der Waals surface area contributed by atoms with Gasteiger partial charge in [-0.25, -0.2) is 0 Å². The van der Waals surface area contributed by atoms with Gasteiger partial charge in [0.2, 0.25) is 5.91 Å². The third kappa shape index (κ3) is 5.24. The Labute approximate surface area is 164 Å². The van der Waals surface area contributed by atoms with Crippen LogP contribution in [-0.2, 0) is 16.1 Å². The Balaban J connectivity index is 1.15. The summed E-state index contributed by atoms with van der Waals surface area (Å²) >= 11 is 1.27. The highest BCUT2D eigenvalue weighted by molar-refractivity contribution is 7.00. The van der Waals surface area contributed by atoms with E-state index in [1.54, 1.807) is 0 Å². The molecule has 1 atom stereocenters. The van der Waals surface area contributed by atoms with Gasteiger partial charge in [0, 0.05) is 26.1 Å². The van der Waals surface area contributed by atoms with Crippen molar-refractivity contribution in [3.8, 4) is 0 Å². The van der Waals surface area contributed by atoms with Crippen LogP contribution in [0.25, 0.3) is 11.0 Å². The first-order chi connectivity index (χ1) is 13.3. The van der Waals surface area contributed by atoms with E-state index in [1.165, 1.54) is 30.1 Å². The van der Waals surface area contributed by atoms with Gasteiger partial charge in [0.15, 0.2) is 0 Å². The first-order valence-electron chi connectivity index (χ1n) is 10.1. The highest BCUT2D eigenvalue weighted by Crippen LogP contribution is 2.24. The summed E-state index contributed by atoms with van der Waals surface area (Å²) < 4.78 is 14.1. The lowest BCUT2D eigenvalue weighted by molar-refractivity contribution is -0.122. The lowest BCUT2D eigenvalue weighted by Gasteiger charge is -2.32. The number of piperidine rings is 1. The van der Waals surface area contributed by atoms with Gasteiger partial charge in [-0.3, -0.25) is 9.69 Å². The normalized spacial score (nSPS) is 21.7. The van der Waals surface area contributed by atoms with Crippen LogP contribution in [0.3, 0.4) is 0 Å². The molecular weight excluding hydrogens is 360 g/mol. The molecule has 0 unspecified atom stereocenters. The molecule has 1 aromatic carbocycles. The summed E-state index contributed by atoms with van der Waals surface area (Å²) in [6.07, 6.45) is 6.43. The van der Waals surface area contributed by atoms with Gasteiger partial charge in [-0.2, -0.15) is 8.75 Å². The molecule has 3 heterocycles. The number of hydrogen-bond donors (Lipinski definition) is 1. The number of hydrogen-bond acceptors (Lipinski definition) is 6. The summed E-state index contributed by atoms with van der Waals surface area (Å²) in [6, 6.07) is 6.38. The molecule has 1 N–H and O–H groups in total. The predicted octanol–water partition coefficient (Wildman–Crippen LogP) is 2.98. The molecule has 27 heavy (non-hydrogen) atoms. The van der Waals surface area contributed by atoms with Crippen molar-refractivity contribution in [1.29, 1.82) is 0 Å². The SMILES string of the molecule is O=C(CCC1CCN(Cc2ccc3nsnc3c2)CC1)NC[C@@H]1CCCO1. The van der Waals surface area contributed by atoms with Crippen molar-refractivity contribution < 1.29 is 9.53 Å². The van der Waals surface area contributed by atoms with Crippen LogP contribution in [0.1, 0.15) is 44.1 Å². The number of ether oxygens (including phenoxy) is 1. The Bertz CT molecular complexity index is 751. The van der Waals surface area contributed by atoms with Crippen molar-refractivity contribution in [3.63, 3.8) is 0 Å². The molecule has 2 fully saturated rings. The topological polar surface area (TPSA) is 67.4 Å². The molecule has 146 valence electrons. The van der Waals surface area contributed by atoms with Crippen LogP contribution in [-0.4, -0.2) is 51.9 Å². The van der Waals surface area contributed by atoms with Crippen LogP contribution >= 0.6 is 11.7 Å². The Morgan fingerprint density at radius 2 is 2.07 bits per heavy atom. The first-order valence-corrected chi connectivity index (χ1v) is 10.8. The Morgan fingerprint density at radius 3 is 2.89 bits per heavy atom. The lowest BCUT2D eigenvalue weighted by Crippen LogP contribution is -2.34. The van der Waals surface area contributed by atoms with E-state index in [9.17, 15) is 4.79 Å². The molecule has 0 spiro atoms. The minimum absolute atomic E-state index is 0.179. The maximum Gasteiger partial charge on any atom is 0.220 e. The molecule has 2 aliphatic heterocycles. The number of nitrogens with one attached hydrogen (secondary N) is 1. The Morgan fingerprint density at radius 1 is 1.22 bits per heavy atom. The number of benzene rings is 1. The fourth-order valence-electron chi connectivity index (χ4n) is 4.07. The van der Waals surface area contributed by atoms with Crippen LogP contribution < -0.4 is 5.32 Å². The van der Waals surface area contributed by atoms with Gasteiger partial charge >= 0.3 is 0 Å². The third-order valence-corrected chi connectivity index (χ3v) is 6.32. The molecule has 0 radical (unpaired) electrons. The van der Waals surface area contributed by atoms with Gasteiger partial charge in [0.1, 0.15) is 11.0 Å². The van der Waals surface area contributed by atoms with Crippen LogP contribution in [0.5, 0.6) is 0 Å². The monoisotopic (exact) mass is 388 g/mol. The van der Waals surface area contributed by atoms with Crippen LogP contribution in [0.4, 0.5) is 0 Å². The number of nitrogens with zero attached hydrogens (tertiary/aromatic N) is 3. The summed E-state index contributed by atoms with van der Waals surface area (Å²) in [6.45, 7) is 4.71. The molecule has 2 aromatic rings. The molecule has 2 saturated heterocycles. The minimum atomic E-state index is 0.179. The number of fused-ring (bicyclic) bond motifs is 1. The number of amides is 1. The number of carbonyl (C=O) groups is 1. The van der Waals surface area contributed by atoms with Crippen molar-refractivity contribution in [3.05, 3.63) is 23.8 Å². The quantitative estimate of drug-likeness (QED) is 0.790. The maximum atomic E-state index is 12.0. The smallest absolute Gasteiger partial charge is 0.220 e. The zero-order valence-electron chi connectivity index (χ0n) is 15.7. The molecule has 1 amide bonds. The molecule has 0 aliphatic carbocycles. The van der Waals surface area contributed by atoms with Crippen molar-refractivity contribution in [2.75, 3.05) is 26.2 Å². The van der Waals surface area contributed by atoms with Crippen LogP contribution in [0, 0.1) is 5.92 Å². The molecule has 7 heteroatoms. The van der Waals surface area contributed by atoms with E-state index in [-0.39, 0.29) is 12.0 Å². The van der Waals surface area contributed by atoms with E-state index in [0.717, 1.165) is 56.5 Å². The average Bonchev–Trinajstić information content (AvgIpc) is 3.37. The van der Waals surface area contributed by atoms with E-state index in [0.29, 0.717) is 18.9 Å². The van der Waals surface area contributed by atoms with Gasteiger partial charge in [-0.05, 0) is 68.8 Å². The van der Waals surface area contributed by atoms with Gasteiger partial charge in [-0.1, -0.05) is 6.07 Å². The second-order valence-electron chi connectivity index (χ2n) is 7.78. The molecule has 0 bridgehead atoms. The number of aromatic nitrogens is 2. The van der Waals surface area contributed by atoms with E-state index < -0.39 is 0 Å². The van der Waals surface area contributed by atoms with Crippen LogP contribution in [0.15, 0.2) is 18.2 Å². The van der Waals surface area contributed by atoms with E-state index in [2.05, 4.69) is 37.2 Å². The Hall–Kier alpha value is -1.57. The maximum absolute atomic E-state index is 12.0. The zero-order valence-corrected chi connectivity index (χ0v) is 16.5. The van der Waals surface area contributed by atoms with Gasteiger partial charge < -0.3 is 10.1 Å². The number of likely N-dealkylation sites (tertiary alicyclic amines) is 1. The number of rotatable bonds is 7. The summed E-state index contributed by atoms with van der Waals surface area (Å²) in [7, 11) is 0. The summed E-state index contributed by atoms with van der Waals surface area (Å²) in [5.41, 5.74) is 3.30. The lowest BCUT2D eigenvalue weighted by atomic mass is 9.92. The molecular formula is C20H28N4O2S. The summed E-state index contributed by atoms with van der Waals surface area (Å²) in [4.78, 5) is 14.6. The second-order valence-corrected chi connectivity index (χ2v) is 8.31. The summed E-state index contributed by atoms with van der Waals surface area (Å²) in [5, 5.41) is 3.03. The van der Waals surface area contributed by atoms with Crippen molar-refractivity contribution >= 4 is 28.7 Å². The Kier molecular flexibility index (Phi) is 6.32. The molecule has 2 aliphatic rings. The third-order valence-electron chi connectivity index (χ3n) is 5.76. The zero-order chi connectivity index (χ0) is 18.5. The number of carbonyl (C=O) groups excluding carboxylic acids is 1. The molecule has 4 rings (SSSR count). The molecule has 1 aromatic heterocycles. The van der Waals surface area contributed by atoms with Gasteiger partial charge in [0.05, 0.1) is 17.8 Å². The minimum Gasteiger partial charge on any atom is -0.376 e. The van der Waals surface area contributed by atoms with Gasteiger partial charge in [-0.15, -0.1) is 0 Å². The first kappa shape index (κ1) is 18.8. The van der Waals surface area contributed by atoms with E-state index in [1.807, 2.05) is 0 Å². The largest absolute Gasteiger partial charge is 0.376 e.